The topological polar surface area (TPSA) is 23.8 Å². The van der Waals surface area contributed by atoms with Crippen molar-refractivity contribution in [1.29, 1.82) is 5.26 Å². The van der Waals surface area contributed by atoms with Gasteiger partial charge >= 0.3 is 0 Å². The van der Waals surface area contributed by atoms with Crippen molar-refractivity contribution >= 4 is 0 Å². The van der Waals surface area contributed by atoms with Crippen molar-refractivity contribution in [3.63, 3.8) is 0 Å². The first kappa shape index (κ1) is 7.36. The zero-order chi connectivity index (χ0) is 8.55. The van der Waals surface area contributed by atoms with E-state index in [0.717, 1.165) is 5.56 Å². The molecule has 1 aromatic rings. The van der Waals surface area contributed by atoms with Crippen molar-refractivity contribution in [3.05, 3.63) is 34.9 Å². The van der Waals surface area contributed by atoms with E-state index in [-0.39, 0.29) is 0 Å². The SMILES string of the molecule is CC1CCc2ccc(C#N)cc21. The lowest BCUT2D eigenvalue weighted by Gasteiger charge is -2.03. The molecule has 0 saturated heterocycles. The summed E-state index contributed by atoms with van der Waals surface area (Å²) in [7, 11) is 0. The molecule has 0 heterocycles. The molecule has 1 atom stereocenters. The Morgan fingerprint density at radius 3 is 3.08 bits per heavy atom. The van der Waals surface area contributed by atoms with Crippen molar-refractivity contribution in [2.45, 2.75) is 25.7 Å². The van der Waals surface area contributed by atoms with Gasteiger partial charge < -0.3 is 0 Å². The van der Waals surface area contributed by atoms with Crippen LogP contribution in [0.5, 0.6) is 0 Å². The Morgan fingerprint density at radius 1 is 1.50 bits per heavy atom. The van der Waals surface area contributed by atoms with Crippen LogP contribution >= 0.6 is 0 Å². The van der Waals surface area contributed by atoms with Gasteiger partial charge in [-0.05, 0) is 42.0 Å². The minimum Gasteiger partial charge on any atom is -0.192 e. The average Bonchev–Trinajstić information content (AvgIpc) is 2.47. The molecule has 60 valence electrons. The van der Waals surface area contributed by atoms with E-state index < -0.39 is 0 Å². The Hall–Kier alpha value is -1.29. The molecule has 1 heteroatoms. The van der Waals surface area contributed by atoms with Crippen molar-refractivity contribution < 1.29 is 0 Å². The van der Waals surface area contributed by atoms with Gasteiger partial charge in [-0.15, -0.1) is 0 Å². The van der Waals surface area contributed by atoms with Gasteiger partial charge in [0.15, 0.2) is 0 Å². The standard InChI is InChI=1S/C11H11N/c1-8-2-4-10-5-3-9(7-12)6-11(8)10/h3,5-6,8H,2,4H2,1H3. The second-order valence-electron chi connectivity index (χ2n) is 3.47. The second kappa shape index (κ2) is 2.64. The minimum atomic E-state index is 0.647. The van der Waals surface area contributed by atoms with Gasteiger partial charge in [-0.1, -0.05) is 13.0 Å². The fraction of sp³-hybridized carbons (Fsp3) is 0.364. The highest BCUT2D eigenvalue weighted by atomic mass is 14.3. The largest absolute Gasteiger partial charge is 0.192 e. The number of aryl methyl sites for hydroxylation is 1. The maximum Gasteiger partial charge on any atom is 0.0991 e. The maximum absolute atomic E-state index is 8.71. The van der Waals surface area contributed by atoms with Gasteiger partial charge in [-0.25, -0.2) is 0 Å². The molecule has 0 N–H and O–H groups in total. The van der Waals surface area contributed by atoms with Gasteiger partial charge in [-0.2, -0.15) is 5.26 Å². The highest BCUT2D eigenvalue weighted by Gasteiger charge is 2.17. The van der Waals surface area contributed by atoms with Crippen molar-refractivity contribution in [3.8, 4) is 6.07 Å². The first-order valence-electron chi connectivity index (χ1n) is 4.34. The molecule has 12 heavy (non-hydrogen) atoms. The van der Waals surface area contributed by atoms with E-state index in [4.69, 9.17) is 5.26 Å². The number of fused-ring (bicyclic) bond motifs is 1. The van der Waals surface area contributed by atoms with Crippen molar-refractivity contribution in [2.75, 3.05) is 0 Å². The zero-order valence-corrected chi connectivity index (χ0v) is 7.17. The van der Waals surface area contributed by atoms with Crippen LogP contribution in [0.1, 0.15) is 36.0 Å². The van der Waals surface area contributed by atoms with Gasteiger partial charge in [-0.3, -0.25) is 0 Å². The minimum absolute atomic E-state index is 0.647. The summed E-state index contributed by atoms with van der Waals surface area (Å²) in [6.07, 6.45) is 2.42. The summed E-state index contributed by atoms with van der Waals surface area (Å²) >= 11 is 0. The maximum atomic E-state index is 8.71. The lowest BCUT2D eigenvalue weighted by molar-refractivity contribution is 0.747. The van der Waals surface area contributed by atoms with E-state index in [2.05, 4.69) is 19.1 Å². The fourth-order valence-electron chi connectivity index (χ4n) is 1.88. The molecule has 1 aliphatic rings. The van der Waals surface area contributed by atoms with Crippen LogP contribution in [0.3, 0.4) is 0 Å². The van der Waals surface area contributed by atoms with Crippen LogP contribution in [0, 0.1) is 11.3 Å². The van der Waals surface area contributed by atoms with Crippen molar-refractivity contribution in [1.82, 2.24) is 0 Å². The van der Waals surface area contributed by atoms with E-state index in [1.54, 1.807) is 0 Å². The molecule has 1 aromatic carbocycles. The number of hydrogen-bond acceptors (Lipinski definition) is 1. The summed E-state index contributed by atoms with van der Waals surface area (Å²) in [5.74, 6) is 0.647. The molecule has 1 nitrogen and oxygen atoms in total. The van der Waals surface area contributed by atoms with Crippen LogP contribution in [-0.4, -0.2) is 0 Å². The summed E-state index contributed by atoms with van der Waals surface area (Å²) in [5.41, 5.74) is 3.61. The third kappa shape index (κ3) is 1.00. The first-order chi connectivity index (χ1) is 5.81. The molecule has 0 amide bonds. The number of nitriles is 1. The van der Waals surface area contributed by atoms with E-state index in [0.29, 0.717) is 5.92 Å². The summed E-state index contributed by atoms with van der Waals surface area (Å²) < 4.78 is 0. The molecule has 0 saturated carbocycles. The van der Waals surface area contributed by atoms with Gasteiger partial charge in [0.2, 0.25) is 0 Å². The Bertz CT molecular complexity index is 347. The third-order valence-corrected chi connectivity index (χ3v) is 2.65. The van der Waals surface area contributed by atoms with E-state index in [9.17, 15) is 0 Å². The predicted molar refractivity (Wildman–Crippen MR) is 47.9 cm³/mol. The lowest BCUT2D eigenvalue weighted by atomic mass is 10.0. The second-order valence-corrected chi connectivity index (χ2v) is 3.47. The number of benzene rings is 1. The summed E-state index contributed by atoms with van der Waals surface area (Å²) in [6, 6.07) is 8.22. The van der Waals surface area contributed by atoms with Crippen molar-refractivity contribution in [2.24, 2.45) is 0 Å². The molecule has 2 rings (SSSR count). The van der Waals surface area contributed by atoms with E-state index >= 15 is 0 Å². The Morgan fingerprint density at radius 2 is 2.33 bits per heavy atom. The number of hydrogen-bond donors (Lipinski definition) is 0. The first-order valence-corrected chi connectivity index (χ1v) is 4.34. The van der Waals surface area contributed by atoms with Crippen LogP contribution in [0.4, 0.5) is 0 Å². The molecular formula is C11H11N. The normalized spacial score (nSPS) is 20.2. The molecule has 0 spiro atoms. The quantitative estimate of drug-likeness (QED) is 0.568. The highest BCUT2D eigenvalue weighted by molar-refractivity contribution is 5.42. The van der Waals surface area contributed by atoms with Crippen LogP contribution in [0.25, 0.3) is 0 Å². The van der Waals surface area contributed by atoms with Gasteiger partial charge in [0.1, 0.15) is 0 Å². The molecule has 0 bridgehead atoms. The van der Waals surface area contributed by atoms with Crippen LogP contribution in [-0.2, 0) is 6.42 Å². The molecule has 1 unspecified atom stereocenters. The third-order valence-electron chi connectivity index (χ3n) is 2.65. The van der Waals surface area contributed by atoms with Crippen LogP contribution in [0.15, 0.2) is 18.2 Å². The van der Waals surface area contributed by atoms with Crippen LogP contribution in [0.2, 0.25) is 0 Å². The van der Waals surface area contributed by atoms with E-state index in [1.807, 2.05) is 12.1 Å². The number of rotatable bonds is 0. The van der Waals surface area contributed by atoms with Gasteiger partial charge in [0.05, 0.1) is 11.6 Å². The zero-order valence-electron chi connectivity index (χ0n) is 7.17. The average molecular weight is 157 g/mol. The van der Waals surface area contributed by atoms with E-state index in [1.165, 1.54) is 24.0 Å². The lowest BCUT2D eigenvalue weighted by Crippen LogP contribution is -1.87. The molecular weight excluding hydrogens is 146 g/mol. The summed E-state index contributed by atoms with van der Waals surface area (Å²) in [4.78, 5) is 0. The molecule has 0 fully saturated rings. The monoisotopic (exact) mass is 157 g/mol. The Labute approximate surface area is 72.6 Å². The fourth-order valence-corrected chi connectivity index (χ4v) is 1.88. The smallest absolute Gasteiger partial charge is 0.0991 e. The molecule has 1 aliphatic carbocycles. The molecule has 0 aliphatic heterocycles. The highest BCUT2D eigenvalue weighted by Crippen LogP contribution is 2.32. The molecule has 0 aromatic heterocycles. The number of nitrogens with zero attached hydrogens (tertiary/aromatic N) is 1. The van der Waals surface area contributed by atoms with Gasteiger partial charge in [0.25, 0.3) is 0 Å². The van der Waals surface area contributed by atoms with Gasteiger partial charge in [0, 0.05) is 0 Å². The Kier molecular flexibility index (Phi) is 1.62. The summed E-state index contributed by atoms with van der Waals surface area (Å²) in [5, 5.41) is 8.71. The van der Waals surface area contributed by atoms with Crippen LogP contribution < -0.4 is 0 Å². The summed E-state index contributed by atoms with van der Waals surface area (Å²) in [6.45, 7) is 2.23. The molecule has 0 radical (unpaired) electrons. The Balaban J connectivity index is 2.52. The predicted octanol–water partition coefficient (Wildman–Crippen LogP) is 2.61.